The Bertz CT molecular complexity index is 515. The molecule has 4 heteroatoms. The molecule has 1 N–H and O–H groups in total. The lowest BCUT2D eigenvalue weighted by atomic mass is 10.0. The summed E-state index contributed by atoms with van der Waals surface area (Å²) < 4.78 is 18.2. The third kappa shape index (κ3) is 2.29. The van der Waals surface area contributed by atoms with Crippen molar-refractivity contribution in [2.75, 3.05) is 6.54 Å². The van der Waals surface area contributed by atoms with Gasteiger partial charge < -0.3 is 9.84 Å². The Morgan fingerprint density at radius 1 is 1.22 bits per heavy atom. The molecule has 1 atom stereocenters. The number of rotatable bonds is 2. The Balaban J connectivity index is 1.82. The molecular weight excluding hydrogens is 231 g/mol. The molecule has 2 heterocycles. The van der Waals surface area contributed by atoms with Gasteiger partial charge in [-0.2, -0.15) is 0 Å². The smallest absolute Gasteiger partial charge is 0.167 e. The highest BCUT2D eigenvalue weighted by molar-refractivity contribution is 5.57. The Morgan fingerprint density at radius 2 is 2.06 bits per heavy atom. The van der Waals surface area contributed by atoms with Crippen LogP contribution in [0.4, 0.5) is 4.39 Å². The molecule has 1 unspecified atom stereocenters. The summed E-state index contributed by atoms with van der Waals surface area (Å²) in [7, 11) is 0. The Kier molecular flexibility index (Phi) is 3.11. The van der Waals surface area contributed by atoms with Crippen molar-refractivity contribution in [3.63, 3.8) is 0 Å². The lowest BCUT2D eigenvalue weighted by Crippen LogP contribution is -2.26. The number of piperidine rings is 1. The van der Waals surface area contributed by atoms with Gasteiger partial charge in [-0.15, -0.1) is 0 Å². The SMILES string of the molecule is Fc1ccc(-c2cc(C3CCCCN3)no2)cc1. The summed E-state index contributed by atoms with van der Waals surface area (Å²) in [5.41, 5.74) is 1.79. The minimum atomic E-state index is -0.243. The van der Waals surface area contributed by atoms with E-state index < -0.39 is 0 Å². The zero-order chi connectivity index (χ0) is 12.4. The van der Waals surface area contributed by atoms with Crippen LogP contribution in [-0.2, 0) is 0 Å². The molecule has 0 saturated carbocycles. The van der Waals surface area contributed by atoms with Gasteiger partial charge >= 0.3 is 0 Å². The molecule has 1 aliphatic heterocycles. The first-order valence-corrected chi connectivity index (χ1v) is 6.29. The number of halogens is 1. The first-order valence-electron chi connectivity index (χ1n) is 6.29. The Hall–Kier alpha value is -1.68. The summed E-state index contributed by atoms with van der Waals surface area (Å²) in [5, 5.41) is 7.53. The highest BCUT2D eigenvalue weighted by atomic mass is 19.1. The second-order valence-electron chi connectivity index (χ2n) is 4.63. The van der Waals surface area contributed by atoms with Gasteiger partial charge in [-0.25, -0.2) is 4.39 Å². The van der Waals surface area contributed by atoms with Crippen molar-refractivity contribution in [1.29, 1.82) is 0 Å². The van der Waals surface area contributed by atoms with Gasteiger partial charge in [0, 0.05) is 11.6 Å². The predicted octanol–water partition coefficient (Wildman–Crippen LogP) is 3.30. The van der Waals surface area contributed by atoms with Gasteiger partial charge in [0.2, 0.25) is 0 Å². The summed E-state index contributed by atoms with van der Waals surface area (Å²) in [5.74, 6) is 0.449. The van der Waals surface area contributed by atoms with Crippen LogP contribution in [0.25, 0.3) is 11.3 Å². The zero-order valence-electron chi connectivity index (χ0n) is 10.0. The maximum absolute atomic E-state index is 12.8. The molecule has 1 aliphatic rings. The summed E-state index contributed by atoms with van der Waals surface area (Å²) in [6.45, 7) is 1.03. The molecule has 3 rings (SSSR count). The summed E-state index contributed by atoms with van der Waals surface area (Å²) in [6, 6.07) is 8.49. The number of hydrogen-bond acceptors (Lipinski definition) is 3. The highest BCUT2D eigenvalue weighted by Crippen LogP contribution is 2.27. The standard InChI is InChI=1S/C14H15FN2O/c15-11-6-4-10(5-7-11)14-9-13(17-18-14)12-3-1-2-8-16-12/h4-7,9,12,16H,1-3,8H2. The van der Waals surface area contributed by atoms with Gasteiger partial charge in [0.15, 0.2) is 5.76 Å². The summed E-state index contributed by atoms with van der Waals surface area (Å²) >= 11 is 0. The number of aromatic nitrogens is 1. The van der Waals surface area contributed by atoms with Crippen LogP contribution in [0.3, 0.4) is 0 Å². The van der Waals surface area contributed by atoms with Crippen molar-refractivity contribution in [3.8, 4) is 11.3 Å². The maximum atomic E-state index is 12.8. The van der Waals surface area contributed by atoms with Crippen LogP contribution in [0, 0.1) is 5.82 Å². The summed E-state index contributed by atoms with van der Waals surface area (Å²) in [4.78, 5) is 0. The van der Waals surface area contributed by atoms with E-state index in [4.69, 9.17) is 4.52 Å². The second-order valence-corrected chi connectivity index (χ2v) is 4.63. The largest absolute Gasteiger partial charge is 0.356 e. The van der Waals surface area contributed by atoms with Crippen molar-refractivity contribution in [3.05, 3.63) is 41.8 Å². The van der Waals surface area contributed by atoms with Gasteiger partial charge in [-0.3, -0.25) is 0 Å². The molecule has 94 valence electrons. The normalized spacial score (nSPS) is 19.9. The average molecular weight is 246 g/mol. The van der Waals surface area contributed by atoms with Gasteiger partial charge in [0.25, 0.3) is 0 Å². The van der Waals surface area contributed by atoms with E-state index in [9.17, 15) is 4.39 Å². The fourth-order valence-corrected chi connectivity index (χ4v) is 2.31. The van der Waals surface area contributed by atoms with Crippen LogP contribution >= 0.6 is 0 Å². The molecule has 0 amide bonds. The molecular formula is C14H15FN2O. The third-order valence-corrected chi connectivity index (χ3v) is 3.32. The molecule has 0 bridgehead atoms. The number of hydrogen-bond donors (Lipinski definition) is 1. The molecule has 0 spiro atoms. The molecule has 0 radical (unpaired) electrons. The molecule has 18 heavy (non-hydrogen) atoms. The van der Waals surface area contributed by atoms with E-state index in [-0.39, 0.29) is 11.9 Å². The number of nitrogens with one attached hydrogen (secondary N) is 1. The molecule has 1 aromatic heterocycles. The molecule has 1 aromatic carbocycles. The molecule has 1 saturated heterocycles. The molecule has 0 aliphatic carbocycles. The van der Waals surface area contributed by atoms with Gasteiger partial charge in [0.05, 0.1) is 6.04 Å². The van der Waals surface area contributed by atoms with Crippen molar-refractivity contribution in [2.24, 2.45) is 0 Å². The molecule has 2 aromatic rings. The van der Waals surface area contributed by atoms with E-state index in [1.54, 1.807) is 12.1 Å². The highest BCUT2D eigenvalue weighted by Gasteiger charge is 2.19. The van der Waals surface area contributed by atoms with Gasteiger partial charge in [-0.05, 0) is 43.7 Å². The Morgan fingerprint density at radius 3 is 2.78 bits per heavy atom. The lowest BCUT2D eigenvalue weighted by molar-refractivity contribution is 0.368. The van der Waals surface area contributed by atoms with Crippen LogP contribution in [0.5, 0.6) is 0 Å². The average Bonchev–Trinajstić information content (AvgIpc) is 2.90. The minimum Gasteiger partial charge on any atom is -0.356 e. The lowest BCUT2D eigenvalue weighted by Gasteiger charge is -2.20. The van der Waals surface area contributed by atoms with E-state index >= 15 is 0 Å². The Labute approximate surface area is 105 Å². The zero-order valence-corrected chi connectivity index (χ0v) is 10.0. The fraction of sp³-hybridized carbons (Fsp3) is 0.357. The monoisotopic (exact) mass is 246 g/mol. The topological polar surface area (TPSA) is 38.1 Å². The summed E-state index contributed by atoms with van der Waals surface area (Å²) in [6.07, 6.45) is 3.53. The van der Waals surface area contributed by atoms with Crippen LogP contribution in [0.15, 0.2) is 34.9 Å². The van der Waals surface area contributed by atoms with E-state index in [0.717, 1.165) is 24.2 Å². The van der Waals surface area contributed by atoms with Crippen molar-refractivity contribution >= 4 is 0 Å². The van der Waals surface area contributed by atoms with E-state index in [0.29, 0.717) is 5.76 Å². The van der Waals surface area contributed by atoms with Crippen molar-refractivity contribution in [1.82, 2.24) is 10.5 Å². The van der Waals surface area contributed by atoms with Crippen LogP contribution in [0.2, 0.25) is 0 Å². The van der Waals surface area contributed by atoms with Crippen molar-refractivity contribution in [2.45, 2.75) is 25.3 Å². The first kappa shape index (κ1) is 11.4. The second kappa shape index (κ2) is 4.90. The predicted molar refractivity (Wildman–Crippen MR) is 66.5 cm³/mol. The molecule has 1 fully saturated rings. The fourth-order valence-electron chi connectivity index (χ4n) is 2.31. The van der Waals surface area contributed by atoms with Crippen LogP contribution in [-0.4, -0.2) is 11.7 Å². The van der Waals surface area contributed by atoms with E-state index in [1.807, 2.05) is 6.07 Å². The van der Waals surface area contributed by atoms with Gasteiger partial charge in [-0.1, -0.05) is 11.6 Å². The quantitative estimate of drug-likeness (QED) is 0.883. The molecule has 3 nitrogen and oxygen atoms in total. The number of nitrogens with zero attached hydrogens (tertiary/aromatic N) is 1. The van der Waals surface area contributed by atoms with Crippen LogP contribution in [0.1, 0.15) is 31.0 Å². The van der Waals surface area contributed by atoms with Crippen LogP contribution < -0.4 is 5.32 Å². The van der Waals surface area contributed by atoms with E-state index in [1.165, 1.54) is 25.0 Å². The maximum Gasteiger partial charge on any atom is 0.167 e. The van der Waals surface area contributed by atoms with E-state index in [2.05, 4.69) is 10.5 Å². The minimum absolute atomic E-state index is 0.243. The van der Waals surface area contributed by atoms with Crippen molar-refractivity contribution < 1.29 is 8.91 Å². The first-order chi connectivity index (χ1) is 8.83. The van der Waals surface area contributed by atoms with Gasteiger partial charge in [0.1, 0.15) is 11.5 Å². The number of benzene rings is 1. The third-order valence-electron chi connectivity index (χ3n) is 3.32.